The number of halogens is 3. The first-order valence-corrected chi connectivity index (χ1v) is 11.1. The van der Waals surface area contributed by atoms with Gasteiger partial charge in [0.25, 0.3) is 0 Å². The van der Waals surface area contributed by atoms with Crippen LogP contribution in [0.5, 0.6) is 0 Å². The molecule has 0 radical (unpaired) electrons. The molecule has 4 nitrogen and oxygen atoms in total. The molecule has 1 amide bonds. The normalized spacial score (nSPS) is 13.1. The zero-order valence-corrected chi connectivity index (χ0v) is 17.5. The molecule has 28 heavy (non-hydrogen) atoms. The number of thiophene rings is 1. The average molecular weight is 457 g/mol. The molecule has 0 aliphatic carbocycles. The molecule has 0 spiro atoms. The second-order valence-electron chi connectivity index (χ2n) is 5.90. The monoisotopic (exact) mass is 456 g/mol. The highest BCUT2D eigenvalue weighted by atomic mass is 35.5. The van der Waals surface area contributed by atoms with E-state index in [0.717, 1.165) is 10.1 Å². The van der Waals surface area contributed by atoms with Crippen molar-refractivity contribution in [3.05, 3.63) is 75.0 Å². The van der Waals surface area contributed by atoms with Crippen LogP contribution in [0.2, 0.25) is 10.0 Å². The van der Waals surface area contributed by atoms with E-state index in [1.807, 2.05) is 6.07 Å². The van der Waals surface area contributed by atoms with Gasteiger partial charge in [-0.05, 0) is 51.2 Å². The molecular formula is C19H14Cl2FNO3PS+. The van der Waals surface area contributed by atoms with Crippen molar-refractivity contribution in [1.82, 2.24) is 5.32 Å². The zero-order chi connectivity index (χ0) is 20.3. The number of nitrogens with one attached hydrogen (secondary N) is 1. The standard InChI is InChI=1S/C19H13Cl2FNO3PS/c20-12-4-5-17-13(8-12)15(10-28-17)14(9-27(25)26)19(24)23-7-6-11-2-1-3-16(21)18(11)22/h1-8,10,14H,9H2,(H-,23,24,25,26)/p+1/b7-6+. The molecule has 9 heteroatoms. The predicted molar refractivity (Wildman–Crippen MR) is 113 cm³/mol. The first-order valence-electron chi connectivity index (χ1n) is 8.08. The fourth-order valence-electron chi connectivity index (χ4n) is 2.73. The van der Waals surface area contributed by atoms with Gasteiger partial charge in [0.05, 0.1) is 5.02 Å². The number of hydrogen-bond donors (Lipinski definition) is 2. The summed E-state index contributed by atoms with van der Waals surface area (Å²) in [7, 11) is -2.55. The minimum absolute atomic E-state index is 0.0229. The highest BCUT2D eigenvalue weighted by molar-refractivity contribution is 7.38. The van der Waals surface area contributed by atoms with Gasteiger partial charge >= 0.3 is 8.03 Å². The lowest BCUT2D eigenvalue weighted by Gasteiger charge is -2.10. The highest BCUT2D eigenvalue weighted by Crippen LogP contribution is 2.36. The SMILES string of the molecule is O=C(N/C=C/c1cccc(Cl)c1F)C(C[P+](=O)O)c1csc2ccc(Cl)cc12. The largest absolute Gasteiger partial charge is 0.506 e. The van der Waals surface area contributed by atoms with E-state index in [1.165, 1.54) is 35.7 Å². The number of benzene rings is 2. The van der Waals surface area contributed by atoms with Crippen LogP contribution in [0.1, 0.15) is 17.0 Å². The van der Waals surface area contributed by atoms with Crippen molar-refractivity contribution in [3.8, 4) is 0 Å². The number of carbonyl (C=O) groups is 1. The van der Waals surface area contributed by atoms with E-state index < -0.39 is 25.7 Å². The summed E-state index contributed by atoms with van der Waals surface area (Å²) in [6.45, 7) is 0. The smallest absolute Gasteiger partial charge is 0.332 e. The van der Waals surface area contributed by atoms with Gasteiger partial charge in [-0.1, -0.05) is 35.3 Å². The molecule has 0 saturated heterocycles. The Labute approximate surface area is 175 Å². The Bertz CT molecular complexity index is 1090. The minimum Gasteiger partial charge on any atom is -0.332 e. The molecule has 3 aromatic rings. The quantitative estimate of drug-likeness (QED) is 0.450. The van der Waals surface area contributed by atoms with E-state index in [0.29, 0.717) is 10.6 Å². The van der Waals surface area contributed by atoms with Crippen molar-refractivity contribution in [2.45, 2.75) is 5.92 Å². The summed E-state index contributed by atoms with van der Waals surface area (Å²) in [4.78, 5) is 22.1. The highest BCUT2D eigenvalue weighted by Gasteiger charge is 2.31. The van der Waals surface area contributed by atoms with Crippen LogP contribution in [0.25, 0.3) is 16.2 Å². The molecule has 2 atom stereocenters. The summed E-state index contributed by atoms with van der Waals surface area (Å²) in [6, 6.07) is 9.83. The fraction of sp³-hybridized carbons (Fsp3) is 0.105. The van der Waals surface area contributed by atoms with Crippen molar-refractivity contribution in [3.63, 3.8) is 0 Å². The van der Waals surface area contributed by atoms with Gasteiger partial charge in [-0.25, -0.2) is 4.39 Å². The van der Waals surface area contributed by atoms with Gasteiger partial charge < -0.3 is 5.32 Å². The van der Waals surface area contributed by atoms with Gasteiger partial charge in [-0.3, -0.25) is 4.79 Å². The van der Waals surface area contributed by atoms with E-state index in [4.69, 9.17) is 23.2 Å². The minimum atomic E-state index is -2.55. The summed E-state index contributed by atoms with van der Waals surface area (Å²) in [5.41, 5.74) is 0.838. The Balaban J connectivity index is 1.86. The lowest BCUT2D eigenvalue weighted by atomic mass is 9.99. The Hall–Kier alpha value is -1.82. The van der Waals surface area contributed by atoms with E-state index in [-0.39, 0.29) is 16.7 Å². The molecule has 1 heterocycles. The molecule has 0 aliphatic rings. The van der Waals surface area contributed by atoms with Crippen LogP contribution in [-0.2, 0) is 9.36 Å². The number of fused-ring (bicyclic) bond motifs is 1. The van der Waals surface area contributed by atoms with E-state index in [9.17, 15) is 18.6 Å². The molecule has 0 saturated carbocycles. The van der Waals surface area contributed by atoms with Gasteiger partial charge in [-0.15, -0.1) is 11.3 Å². The van der Waals surface area contributed by atoms with Crippen LogP contribution >= 0.6 is 42.6 Å². The van der Waals surface area contributed by atoms with Gasteiger partial charge in [0.15, 0.2) is 6.16 Å². The summed E-state index contributed by atoms with van der Waals surface area (Å²) in [5.74, 6) is -1.92. The molecule has 2 unspecified atom stereocenters. The Kier molecular flexibility index (Phi) is 6.81. The number of carbonyl (C=O) groups excluding carboxylic acids is 1. The number of amides is 1. The molecule has 3 rings (SSSR count). The van der Waals surface area contributed by atoms with E-state index in [2.05, 4.69) is 5.32 Å². The molecule has 0 aliphatic heterocycles. The van der Waals surface area contributed by atoms with E-state index in [1.54, 1.807) is 23.6 Å². The van der Waals surface area contributed by atoms with Gasteiger partial charge in [0.2, 0.25) is 5.91 Å². The maximum Gasteiger partial charge on any atom is 0.506 e. The van der Waals surface area contributed by atoms with Crippen molar-refractivity contribution in [2.75, 3.05) is 6.16 Å². The summed E-state index contributed by atoms with van der Waals surface area (Å²) in [6.07, 6.45) is 2.42. The van der Waals surface area contributed by atoms with Crippen LogP contribution < -0.4 is 5.32 Å². The second kappa shape index (κ2) is 9.12. The lowest BCUT2D eigenvalue weighted by Crippen LogP contribution is -2.26. The van der Waals surface area contributed by atoms with Crippen molar-refractivity contribution < 1.29 is 18.6 Å². The predicted octanol–water partition coefficient (Wildman–Crippen LogP) is 5.95. The Morgan fingerprint density at radius 1 is 1.32 bits per heavy atom. The molecule has 1 aromatic heterocycles. The first-order chi connectivity index (χ1) is 13.4. The van der Waals surface area contributed by atoms with Crippen LogP contribution in [0.15, 0.2) is 48.0 Å². The average Bonchev–Trinajstić information content (AvgIpc) is 3.05. The van der Waals surface area contributed by atoms with E-state index >= 15 is 0 Å². The maximum absolute atomic E-state index is 13.9. The van der Waals surface area contributed by atoms with Gasteiger partial charge in [0, 0.05) is 21.5 Å². The van der Waals surface area contributed by atoms with Crippen molar-refractivity contribution in [1.29, 1.82) is 0 Å². The summed E-state index contributed by atoms with van der Waals surface area (Å²) in [5, 5.41) is 5.59. The van der Waals surface area contributed by atoms with Crippen molar-refractivity contribution in [2.24, 2.45) is 0 Å². The summed E-state index contributed by atoms with van der Waals surface area (Å²) < 4.78 is 26.3. The zero-order valence-electron chi connectivity index (χ0n) is 14.2. The third-order valence-electron chi connectivity index (χ3n) is 4.07. The first kappa shape index (κ1) is 20.9. The van der Waals surface area contributed by atoms with Crippen LogP contribution in [0, 0.1) is 5.82 Å². The van der Waals surface area contributed by atoms with Gasteiger partial charge in [-0.2, -0.15) is 4.89 Å². The Morgan fingerprint density at radius 3 is 2.86 bits per heavy atom. The third kappa shape index (κ3) is 4.77. The molecule has 0 bridgehead atoms. The number of hydrogen-bond acceptors (Lipinski definition) is 3. The third-order valence-corrected chi connectivity index (χ3v) is 6.25. The second-order valence-corrected chi connectivity index (χ2v) is 8.73. The Morgan fingerprint density at radius 2 is 2.11 bits per heavy atom. The van der Waals surface area contributed by atoms with Crippen LogP contribution in [0.3, 0.4) is 0 Å². The summed E-state index contributed by atoms with van der Waals surface area (Å²) >= 11 is 13.2. The molecule has 0 fully saturated rings. The number of rotatable bonds is 6. The fourth-order valence-corrected chi connectivity index (χ4v) is 4.76. The topological polar surface area (TPSA) is 66.4 Å². The van der Waals surface area contributed by atoms with Gasteiger partial charge in [0.1, 0.15) is 11.7 Å². The molecular weight excluding hydrogens is 443 g/mol. The van der Waals surface area contributed by atoms with Crippen molar-refractivity contribution >= 4 is 64.6 Å². The molecule has 2 aromatic carbocycles. The molecule has 144 valence electrons. The van der Waals surface area contributed by atoms with Crippen LogP contribution in [-0.4, -0.2) is 17.0 Å². The maximum atomic E-state index is 13.9. The molecule has 2 N–H and O–H groups in total. The van der Waals surface area contributed by atoms with Crippen LogP contribution in [0.4, 0.5) is 4.39 Å². The lowest BCUT2D eigenvalue weighted by molar-refractivity contribution is -0.121.